The highest BCUT2D eigenvalue weighted by Gasteiger charge is 2.54. The molecule has 0 aromatic rings. The summed E-state index contributed by atoms with van der Waals surface area (Å²) in [4.78, 5) is 13.5. The van der Waals surface area contributed by atoms with Crippen LogP contribution in [0.5, 0.6) is 0 Å². The number of unbranched alkanes of at least 4 members (excludes halogenated alkanes) is 43. The number of amides is 1. The van der Waals surface area contributed by atoms with Crippen molar-refractivity contribution in [1.29, 1.82) is 0 Å². The molecule has 3 fully saturated rings. The van der Waals surface area contributed by atoms with Crippen LogP contribution >= 0.6 is 0 Å². The molecular formula is C84H153NO18. The lowest BCUT2D eigenvalue weighted by atomic mass is 9.96. The van der Waals surface area contributed by atoms with Crippen LogP contribution in [0.2, 0.25) is 0 Å². The second-order valence-corrected chi connectivity index (χ2v) is 29.9. The van der Waals surface area contributed by atoms with E-state index < -0.39 is 124 Å². The SMILES string of the molecule is CCCCCCC/C=C\C/C=C\CCCCCCCCCCCCCCCCCCCCCCCCCC(=O)NC(COC1OC(CO)C(OC2OC(CO)C(OC3OC(CO)C(O)C(O)C3O)C(O)C2O)C(O)C1O)C(O)/C=C/CC/C=C/CC/C=C/CCCCCCCCCCCCCCC. The highest BCUT2D eigenvalue weighted by atomic mass is 16.8. The lowest BCUT2D eigenvalue weighted by Gasteiger charge is -2.48. The fourth-order valence-electron chi connectivity index (χ4n) is 14.0. The highest BCUT2D eigenvalue weighted by molar-refractivity contribution is 5.76. The first-order valence-electron chi connectivity index (χ1n) is 42.0. The Kier molecular flexibility index (Phi) is 59.1. The van der Waals surface area contributed by atoms with E-state index in [4.69, 9.17) is 28.4 Å². The number of ether oxygens (including phenoxy) is 6. The molecule has 0 aromatic carbocycles. The van der Waals surface area contributed by atoms with E-state index in [0.29, 0.717) is 12.8 Å². The molecule has 0 aromatic heterocycles. The number of allylic oxidation sites excluding steroid dienone is 9. The van der Waals surface area contributed by atoms with E-state index >= 15 is 0 Å². The number of nitrogens with one attached hydrogen (secondary N) is 1. The van der Waals surface area contributed by atoms with Gasteiger partial charge in [-0.25, -0.2) is 0 Å². The first kappa shape index (κ1) is 94.7. The summed E-state index contributed by atoms with van der Waals surface area (Å²) in [6, 6.07) is -0.998. The summed E-state index contributed by atoms with van der Waals surface area (Å²) in [5.74, 6) is -0.284. The molecule has 0 bridgehead atoms. The maximum atomic E-state index is 13.5. The molecule has 0 aliphatic carbocycles. The van der Waals surface area contributed by atoms with Crippen LogP contribution in [-0.4, -0.2) is 193 Å². The van der Waals surface area contributed by atoms with Gasteiger partial charge in [0.25, 0.3) is 0 Å². The summed E-state index contributed by atoms with van der Waals surface area (Å²) >= 11 is 0. The van der Waals surface area contributed by atoms with Crippen LogP contribution in [0, 0.1) is 0 Å². The van der Waals surface area contributed by atoms with Gasteiger partial charge in [0, 0.05) is 6.42 Å². The molecular weight excluding hydrogens is 1310 g/mol. The minimum absolute atomic E-state index is 0.234. The van der Waals surface area contributed by atoms with Crippen molar-refractivity contribution in [3.05, 3.63) is 60.8 Å². The van der Waals surface area contributed by atoms with Crippen LogP contribution in [0.3, 0.4) is 0 Å². The van der Waals surface area contributed by atoms with Gasteiger partial charge in [-0.1, -0.05) is 312 Å². The molecule has 3 aliphatic heterocycles. The first-order chi connectivity index (χ1) is 50.3. The van der Waals surface area contributed by atoms with Crippen LogP contribution in [0.25, 0.3) is 0 Å². The summed E-state index contributed by atoms with van der Waals surface area (Å²) in [6.07, 6.45) is 56.5. The van der Waals surface area contributed by atoms with Gasteiger partial charge in [0.2, 0.25) is 5.91 Å². The number of rotatable bonds is 67. The number of hydrogen-bond acceptors (Lipinski definition) is 18. The Morgan fingerprint density at radius 2 is 0.650 bits per heavy atom. The molecule has 0 saturated carbocycles. The van der Waals surface area contributed by atoms with Gasteiger partial charge in [-0.3, -0.25) is 4.79 Å². The minimum Gasteiger partial charge on any atom is -0.394 e. The lowest BCUT2D eigenvalue weighted by Crippen LogP contribution is -2.66. The second kappa shape index (κ2) is 64.3. The van der Waals surface area contributed by atoms with E-state index in [1.165, 1.54) is 250 Å². The van der Waals surface area contributed by atoms with Crippen LogP contribution in [-0.2, 0) is 33.2 Å². The Balaban J connectivity index is 1.35. The van der Waals surface area contributed by atoms with E-state index in [1.807, 2.05) is 6.08 Å². The smallest absolute Gasteiger partial charge is 0.220 e. The molecule has 12 N–H and O–H groups in total. The predicted octanol–water partition coefficient (Wildman–Crippen LogP) is 14.6. The molecule has 602 valence electrons. The van der Waals surface area contributed by atoms with Gasteiger partial charge in [-0.2, -0.15) is 0 Å². The van der Waals surface area contributed by atoms with E-state index in [9.17, 15) is 61.0 Å². The van der Waals surface area contributed by atoms with Crippen molar-refractivity contribution in [3.63, 3.8) is 0 Å². The molecule has 3 rings (SSSR count). The number of aliphatic hydroxyl groups is 11. The van der Waals surface area contributed by atoms with Crippen molar-refractivity contribution < 1.29 is 89.4 Å². The average Bonchev–Trinajstić information content (AvgIpc) is 0.781. The van der Waals surface area contributed by atoms with Gasteiger partial charge in [0.15, 0.2) is 18.9 Å². The van der Waals surface area contributed by atoms with Crippen molar-refractivity contribution in [1.82, 2.24) is 5.32 Å². The van der Waals surface area contributed by atoms with Crippen molar-refractivity contribution >= 4 is 5.91 Å². The van der Waals surface area contributed by atoms with Crippen LogP contribution in [0.1, 0.15) is 335 Å². The minimum atomic E-state index is -1.98. The van der Waals surface area contributed by atoms with Crippen molar-refractivity contribution in [2.45, 2.75) is 439 Å². The standard InChI is InChI=1S/C84H153NO18/c1-3-5-7-9-11-13-15-17-19-21-23-25-27-28-29-30-31-32-33-34-35-36-37-38-40-42-44-46-48-50-52-54-56-58-60-62-72(90)85-67(68(89)61-59-57-55-53-51-49-47-45-43-41-39-26-24-22-20-18-16-14-12-10-8-6-4-2)66-98-82-78(96)75(93)80(70(64-87)100-82)103-84-79(97)76(94)81(71(65-88)101-84)102-83-77(95)74(92)73(91)69(63-86)99-83/h15,17,21,23,43,45,51,53,59,61,67-71,73-84,86-89,91-97H,3-14,16,18-20,22,24-42,44,46-50,52,54-58,60,62-66H2,1-2H3,(H,85,90)/b17-15-,23-21-,45-43+,53-51+,61-59+. The van der Waals surface area contributed by atoms with Gasteiger partial charge in [-0.05, 0) is 77.0 Å². The predicted molar refractivity (Wildman–Crippen MR) is 411 cm³/mol. The van der Waals surface area contributed by atoms with Crippen molar-refractivity contribution in [3.8, 4) is 0 Å². The average molecular weight is 1470 g/mol. The van der Waals surface area contributed by atoms with Gasteiger partial charge in [-0.15, -0.1) is 0 Å². The molecule has 3 saturated heterocycles. The van der Waals surface area contributed by atoms with E-state index in [1.54, 1.807) is 6.08 Å². The van der Waals surface area contributed by atoms with Crippen molar-refractivity contribution in [2.75, 3.05) is 26.4 Å². The molecule has 19 nitrogen and oxygen atoms in total. The summed E-state index contributed by atoms with van der Waals surface area (Å²) in [7, 11) is 0. The molecule has 1 amide bonds. The zero-order valence-electron chi connectivity index (χ0n) is 64.5. The van der Waals surface area contributed by atoms with Gasteiger partial charge >= 0.3 is 0 Å². The van der Waals surface area contributed by atoms with Crippen LogP contribution < -0.4 is 5.32 Å². The Labute approximate surface area is 624 Å². The molecule has 0 spiro atoms. The third-order valence-electron chi connectivity index (χ3n) is 20.8. The van der Waals surface area contributed by atoms with E-state index in [2.05, 4.69) is 67.8 Å². The molecule has 3 heterocycles. The zero-order valence-corrected chi connectivity index (χ0v) is 64.5. The summed E-state index contributed by atoms with van der Waals surface area (Å²) in [6.45, 7) is 1.74. The van der Waals surface area contributed by atoms with E-state index in [0.717, 1.165) is 51.4 Å². The molecule has 0 radical (unpaired) electrons. The van der Waals surface area contributed by atoms with Crippen LogP contribution in [0.4, 0.5) is 0 Å². The molecule has 17 atom stereocenters. The largest absolute Gasteiger partial charge is 0.394 e. The van der Waals surface area contributed by atoms with Gasteiger partial charge in [0.1, 0.15) is 73.2 Å². The van der Waals surface area contributed by atoms with E-state index in [-0.39, 0.29) is 18.9 Å². The number of aliphatic hydroxyl groups excluding tert-OH is 11. The highest BCUT2D eigenvalue weighted by Crippen LogP contribution is 2.33. The molecule has 17 unspecified atom stereocenters. The summed E-state index contributed by atoms with van der Waals surface area (Å²) in [5.41, 5.74) is 0. The third-order valence-corrected chi connectivity index (χ3v) is 20.8. The van der Waals surface area contributed by atoms with Gasteiger partial charge < -0.3 is 89.9 Å². The topological polar surface area (TPSA) is 307 Å². The Hall–Kier alpha value is -2.51. The summed E-state index contributed by atoms with van der Waals surface area (Å²) < 4.78 is 34.4. The van der Waals surface area contributed by atoms with Crippen molar-refractivity contribution in [2.24, 2.45) is 0 Å². The van der Waals surface area contributed by atoms with Gasteiger partial charge in [0.05, 0.1) is 38.6 Å². The molecule has 3 aliphatic rings. The fourth-order valence-corrected chi connectivity index (χ4v) is 14.0. The van der Waals surface area contributed by atoms with Crippen LogP contribution in [0.15, 0.2) is 60.8 Å². The second-order valence-electron chi connectivity index (χ2n) is 29.9. The Bertz CT molecular complexity index is 2090. The summed E-state index contributed by atoms with van der Waals surface area (Å²) in [5, 5.41) is 121. The Morgan fingerprint density at radius 3 is 1.03 bits per heavy atom. The number of hydrogen-bond donors (Lipinski definition) is 12. The normalized spacial score (nSPS) is 26.3. The zero-order chi connectivity index (χ0) is 74.6. The third kappa shape index (κ3) is 44.1. The number of carbonyl (C=O) groups is 1. The first-order valence-corrected chi connectivity index (χ1v) is 42.0. The maximum absolute atomic E-state index is 13.5. The molecule has 19 heteroatoms. The fraction of sp³-hybridized carbons (Fsp3) is 0.869. The number of carbonyl (C=O) groups excluding carboxylic acids is 1. The molecule has 103 heavy (non-hydrogen) atoms. The quantitative estimate of drug-likeness (QED) is 0.0199. The lowest BCUT2D eigenvalue weighted by molar-refractivity contribution is -0.379. The maximum Gasteiger partial charge on any atom is 0.220 e. The Morgan fingerprint density at radius 1 is 0.350 bits per heavy atom. The monoisotopic (exact) mass is 1460 g/mol.